The van der Waals surface area contributed by atoms with Crippen molar-refractivity contribution in [3.8, 4) is 22.0 Å². The van der Waals surface area contributed by atoms with Crippen LogP contribution in [0.1, 0.15) is 22.3 Å². The van der Waals surface area contributed by atoms with Crippen LogP contribution in [0.5, 0.6) is 0 Å². The van der Waals surface area contributed by atoms with E-state index in [9.17, 15) is 0 Å². The molecule has 0 bridgehead atoms. The number of hydrogen-bond donors (Lipinski definition) is 0. The fourth-order valence-electron chi connectivity index (χ4n) is 5.23. The predicted molar refractivity (Wildman–Crippen MR) is 152 cm³/mol. The van der Waals surface area contributed by atoms with Crippen LogP contribution in [0.15, 0.2) is 77.2 Å². The summed E-state index contributed by atoms with van der Waals surface area (Å²) in [5, 5.41) is 6.10. The molecule has 7 rings (SSSR count). The van der Waals surface area contributed by atoms with Gasteiger partial charge in [0.25, 0.3) is 0 Å². The second-order valence-electron chi connectivity index (χ2n) is 9.75. The molecule has 3 nitrogen and oxygen atoms in total. The third kappa shape index (κ3) is 3.25. The molecule has 0 unspecified atom stereocenters. The number of fused-ring (bicyclic) bond motifs is 4. The highest BCUT2D eigenvalue weighted by Gasteiger charge is 2.15. The SMILES string of the molecule is Cc1ccc2nc(-c3ccc4c(C)c5cc(-c6nc7ccc(C)cc7s6)ccc5c(C)c4c3)oc2c1. The molecule has 0 saturated carbocycles. The number of rotatable bonds is 2. The van der Waals surface area contributed by atoms with Gasteiger partial charge in [-0.15, -0.1) is 11.3 Å². The fourth-order valence-corrected chi connectivity index (χ4v) is 6.29. The third-order valence-corrected chi connectivity index (χ3v) is 8.30. The van der Waals surface area contributed by atoms with E-state index < -0.39 is 0 Å². The summed E-state index contributed by atoms with van der Waals surface area (Å²) < 4.78 is 7.36. The lowest BCUT2D eigenvalue weighted by molar-refractivity contribution is 0.619. The minimum Gasteiger partial charge on any atom is -0.436 e. The van der Waals surface area contributed by atoms with Crippen LogP contribution < -0.4 is 0 Å². The molecule has 0 N–H and O–H groups in total. The van der Waals surface area contributed by atoms with Gasteiger partial charge in [-0.1, -0.05) is 30.3 Å². The molecular formula is C32H24N2OS. The van der Waals surface area contributed by atoms with E-state index in [0.29, 0.717) is 5.89 Å². The highest BCUT2D eigenvalue weighted by Crippen LogP contribution is 2.38. The van der Waals surface area contributed by atoms with Gasteiger partial charge in [-0.3, -0.25) is 0 Å². The Bertz CT molecular complexity index is 1850. The summed E-state index contributed by atoms with van der Waals surface area (Å²) in [6, 6.07) is 25.9. The van der Waals surface area contributed by atoms with Gasteiger partial charge < -0.3 is 4.42 Å². The van der Waals surface area contributed by atoms with E-state index in [1.807, 2.05) is 12.1 Å². The number of oxazole rings is 1. The number of thiazole rings is 1. The van der Waals surface area contributed by atoms with Crippen LogP contribution in [0, 0.1) is 27.7 Å². The highest BCUT2D eigenvalue weighted by molar-refractivity contribution is 7.21. The molecule has 0 spiro atoms. The molecule has 0 atom stereocenters. The Morgan fingerprint density at radius 3 is 1.97 bits per heavy atom. The van der Waals surface area contributed by atoms with Crippen LogP contribution >= 0.6 is 11.3 Å². The fraction of sp³-hybridized carbons (Fsp3) is 0.125. The van der Waals surface area contributed by atoms with Gasteiger partial charge in [0, 0.05) is 11.1 Å². The molecule has 0 aliphatic carbocycles. The molecule has 36 heavy (non-hydrogen) atoms. The number of aromatic nitrogens is 2. The Labute approximate surface area is 213 Å². The standard InChI is InChI=1S/C32H24N2OS/c1-17-5-11-27-29(13-17)35-31(33-27)21-7-9-23-20(4)26-16-22(8-10-24(26)19(3)25(23)15-21)32-34-28-12-6-18(2)14-30(28)36-32/h5-16H,1-4H3. The maximum atomic E-state index is 6.12. The van der Waals surface area contributed by atoms with Crippen LogP contribution in [0.4, 0.5) is 0 Å². The predicted octanol–water partition coefficient (Wildman–Crippen LogP) is 9.31. The molecule has 5 aromatic carbocycles. The molecule has 0 fully saturated rings. The van der Waals surface area contributed by atoms with Gasteiger partial charge in [0.15, 0.2) is 5.58 Å². The van der Waals surface area contributed by atoms with Crippen molar-refractivity contribution < 1.29 is 4.42 Å². The minimum atomic E-state index is 0.663. The van der Waals surface area contributed by atoms with Gasteiger partial charge >= 0.3 is 0 Å². The maximum absolute atomic E-state index is 6.12. The molecule has 0 saturated heterocycles. The topological polar surface area (TPSA) is 38.9 Å². The number of aryl methyl sites for hydroxylation is 4. The average molecular weight is 485 g/mol. The molecule has 0 radical (unpaired) electrons. The lowest BCUT2D eigenvalue weighted by Gasteiger charge is -2.13. The zero-order valence-corrected chi connectivity index (χ0v) is 21.5. The van der Waals surface area contributed by atoms with Gasteiger partial charge in [-0.2, -0.15) is 0 Å². The summed E-state index contributed by atoms with van der Waals surface area (Å²) in [6.45, 7) is 8.63. The molecule has 2 heterocycles. The van der Waals surface area contributed by atoms with Crippen molar-refractivity contribution in [3.63, 3.8) is 0 Å². The summed E-state index contributed by atoms with van der Waals surface area (Å²) in [5.41, 5.74) is 9.93. The number of nitrogens with zero attached hydrogens (tertiary/aromatic N) is 2. The highest BCUT2D eigenvalue weighted by atomic mass is 32.1. The third-order valence-electron chi connectivity index (χ3n) is 7.24. The Morgan fingerprint density at radius 2 is 1.22 bits per heavy atom. The van der Waals surface area contributed by atoms with E-state index in [1.165, 1.54) is 54.1 Å². The summed E-state index contributed by atoms with van der Waals surface area (Å²) >= 11 is 1.76. The molecular weight excluding hydrogens is 460 g/mol. The van der Waals surface area contributed by atoms with Crippen molar-refractivity contribution in [2.75, 3.05) is 0 Å². The van der Waals surface area contributed by atoms with E-state index in [4.69, 9.17) is 14.4 Å². The lowest BCUT2D eigenvalue weighted by atomic mass is 9.91. The van der Waals surface area contributed by atoms with E-state index in [-0.39, 0.29) is 0 Å². The summed E-state index contributed by atoms with van der Waals surface area (Å²) in [7, 11) is 0. The summed E-state index contributed by atoms with van der Waals surface area (Å²) in [4.78, 5) is 9.66. The van der Waals surface area contributed by atoms with E-state index in [1.54, 1.807) is 11.3 Å². The molecule has 2 aromatic heterocycles. The van der Waals surface area contributed by atoms with E-state index in [2.05, 4.69) is 88.4 Å². The first-order valence-corrected chi connectivity index (χ1v) is 13.0. The van der Waals surface area contributed by atoms with E-state index in [0.717, 1.165) is 27.2 Å². The molecule has 174 valence electrons. The van der Waals surface area contributed by atoms with Gasteiger partial charge in [0.1, 0.15) is 10.5 Å². The molecule has 0 aliphatic heterocycles. The van der Waals surface area contributed by atoms with Crippen LogP contribution in [0.3, 0.4) is 0 Å². The normalized spacial score (nSPS) is 11.9. The Hall–Kier alpha value is -4.02. The second kappa shape index (κ2) is 7.74. The quantitative estimate of drug-likeness (QED) is 0.229. The zero-order valence-electron chi connectivity index (χ0n) is 20.6. The summed E-state index contributed by atoms with van der Waals surface area (Å²) in [5.74, 6) is 0.663. The van der Waals surface area contributed by atoms with Gasteiger partial charge in [0.2, 0.25) is 5.89 Å². The molecule has 0 aliphatic rings. The second-order valence-corrected chi connectivity index (χ2v) is 10.8. The van der Waals surface area contributed by atoms with Gasteiger partial charge in [-0.05, 0) is 114 Å². The first-order chi connectivity index (χ1) is 17.4. The van der Waals surface area contributed by atoms with Crippen LogP contribution in [0.2, 0.25) is 0 Å². The minimum absolute atomic E-state index is 0.663. The van der Waals surface area contributed by atoms with E-state index >= 15 is 0 Å². The largest absolute Gasteiger partial charge is 0.436 e. The Kier molecular flexibility index (Phi) is 4.57. The Morgan fingerprint density at radius 1 is 0.583 bits per heavy atom. The van der Waals surface area contributed by atoms with Gasteiger partial charge in [-0.25, -0.2) is 9.97 Å². The number of hydrogen-bond acceptors (Lipinski definition) is 4. The van der Waals surface area contributed by atoms with Crippen molar-refractivity contribution in [2.45, 2.75) is 27.7 Å². The Balaban J connectivity index is 1.38. The first-order valence-electron chi connectivity index (χ1n) is 12.2. The molecule has 4 heteroatoms. The monoisotopic (exact) mass is 484 g/mol. The van der Waals surface area contributed by atoms with Crippen molar-refractivity contribution in [3.05, 3.63) is 95.1 Å². The average Bonchev–Trinajstić information content (AvgIpc) is 3.50. The van der Waals surface area contributed by atoms with Crippen molar-refractivity contribution in [1.82, 2.24) is 9.97 Å². The van der Waals surface area contributed by atoms with Crippen molar-refractivity contribution in [2.24, 2.45) is 0 Å². The number of benzene rings is 5. The van der Waals surface area contributed by atoms with Crippen LogP contribution in [-0.4, -0.2) is 9.97 Å². The van der Waals surface area contributed by atoms with Crippen molar-refractivity contribution >= 4 is 54.2 Å². The summed E-state index contributed by atoms with van der Waals surface area (Å²) in [6.07, 6.45) is 0. The zero-order chi connectivity index (χ0) is 24.6. The van der Waals surface area contributed by atoms with Crippen molar-refractivity contribution in [1.29, 1.82) is 0 Å². The molecule has 0 amide bonds. The van der Waals surface area contributed by atoms with Crippen LogP contribution in [-0.2, 0) is 0 Å². The smallest absolute Gasteiger partial charge is 0.227 e. The first kappa shape index (κ1) is 21.3. The lowest BCUT2D eigenvalue weighted by Crippen LogP contribution is -1.90. The van der Waals surface area contributed by atoms with Gasteiger partial charge in [0.05, 0.1) is 10.2 Å². The maximum Gasteiger partial charge on any atom is 0.227 e. The van der Waals surface area contributed by atoms with Crippen LogP contribution in [0.25, 0.3) is 64.9 Å². The molecule has 7 aromatic rings.